The van der Waals surface area contributed by atoms with E-state index in [9.17, 15) is 9.18 Å². The van der Waals surface area contributed by atoms with Gasteiger partial charge in [0.15, 0.2) is 0 Å². The van der Waals surface area contributed by atoms with Crippen LogP contribution in [0.4, 0.5) is 4.39 Å². The van der Waals surface area contributed by atoms with Gasteiger partial charge in [0.25, 0.3) is 0 Å². The number of nitrogens with zero attached hydrogens (tertiary/aromatic N) is 2. The molecule has 4 nitrogen and oxygen atoms in total. The summed E-state index contributed by atoms with van der Waals surface area (Å²) < 4.78 is 15.2. The van der Waals surface area contributed by atoms with E-state index in [0.29, 0.717) is 23.4 Å². The van der Waals surface area contributed by atoms with E-state index in [1.165, 1.54) is 12.1 Å². The van der Waals surface area contributed by atoms with E-state index in [1.54, 1.807) is 10.6 Å². The van der Waals surface area contributed by atoms with E-state index in [4.69, 9.17) is 11.6 Å². The van der Waals surface area contributed by atoms with E-state index in [1.807, 2.05) is 0 Å². The second-order valence-corrected chi connectivity index (χ2v) is 4.88. The number of hydrogen-bond donors (Lipinski definition) is 1. The van der Waals surface area contributed by atoms with Crippen molar-refractivity contribution in [2.24, 2.45) is 0 Å². The van der Waals surface area contributed by atoms with Gasteiger partial charge in [-0.15, -0.1) is 11.6 Å². The standard InChI is InChI=1S/C13H13ClFN3O/c14-7-12-17-9-4-3-8(15)6-11(9)18(12)10-2-1-5-16-13(10)19/h3-4,6,10H,1-2,5,7H2,(H,16,19). The zero-order chi connectivity index (χ0) is 13.4. The maximum absolute atomic E-state index is 13.4. The number of carbonyl (C=O) groups is 1. The van der Waals surface area contributed by atoms with Crippen LogP contribution in [-0.4, -0.2) is 22.0 Å². The lowest BCUT2D eigenvalue weighted by atomic mass is 10.1. The minimum absolute atomic E-state index is 0.0545. The molecule has 0 radical (unpaired) electrons. The lowest BCUT2D eigenvalue weighted by molar-refractivity contribution is -0.125. The smallest absolute Gasteiger partial charge is 0.243 e. The average molecular weight is 282 g/mol. The number of amides is 1. The van der Waals surface area contributed by atoms with Crippen LogP contribution >= 0.6 is 11.6 Å². The molecule has 1 fully saturated rings. The summed E-state index contributed by atoms with van der Waals surface area (Å²) in [6, 6.07) is 4.02. The Hall–Kier alpha value is -1.62. The minimum Gasteiger partial charge on any atom is -0.354 e. The summed E-state index contributed by atoms with van der Waals surface area (Å²) in [5, 5.41) is 2.83. The molecule has 1 aliphatic heterocycles. The first-order valence-corrected chi connectivity index (χ1v) is 6.74. The van der Waals surface area contributed by atoms with Crippen molar-refractivity contribution in [1.29, 1.82) is 0 Å². The van der Waals surface area contributed by atoms with E-state index in [2.05, 4.69) is 10.3 Å². The lowest BCUT2D eigenvalue weighted by Crippen LogP contribution is -2.38. The number of piperidine rings is 1. The van der Waals surface area contributed by atoms with Crippen LogP contribution in [0.3, 0.4) is 0 Å². The number of benzene rings is 1. The maximum Gasteiger partial charge on any atom is 0.243 e. The Morgan fingerprint density at radius 3 is 3.11 bits per heavy atom. The van der Waals surface area contributed by atoms with Gasteiger partial charge in [0, 0.05) is 6.54 Å². The van der Waals surface area contributed by atoms with Crippen LogP contribution in [0.1, 0.15) is 24.7 Å². The fourth-order valence-electron chi connectivity index (χ4n) is 2.56. The van der Waals surface area contributed by atoms with E-state index < -0.39 is 0 Å². The molecule has 0 saturated carbocycles. The van der Waals surface area contributed by atoms with Gasteiger partial charge in [0.1, 0.15) is 17.7 Å². The van der Waals surface area contributed by atoms with Crippen LogP contribution < -0.4 is 5.32 Å². The predicted molar refractivity (Wildman–Crippen MR) is 70.5 cm³/mol. The zero-order valence-corrected chi connectivity index (χ0v) is 11.0. The number of fused-ring (bicyclic) bond motifs is 1. The van der Waals surface area contributed by atoms with Gasteiger partial charge in [-0.05, 0) is 31.0 Å². The Bertz CT molecular complexity index is 640. The highest BCUT2D eigenvalue weighted by molar-refractivity contribution is 6.17. The van der Waals surface area contributed by atoms with Crippen molar-refractivity contribution in [3.63, 3.8) is 0 Å². The number of rotatable bonds is 2. The predicted octanol–water partition coefficient (Wildman–Crippen LogP) is 2.37. The molecule has 1 N–H and O–H groups in total. The number of halogens is 2. The lowest BCUT2D eigenvalue weighted by Gasteiger charge is -2.24. The molecule has 3 rings (SSSR count). The highest BCUT2D eigenvalue weighted by Crippen LogP contribution is 2.27. The number of nitrogens with one attached hydrogen (secondary N) is 1. The Kier molecular flexibility index (Phi) is 3.14. The molecule has 1 saturated heterocycles. The minimum atomic E-state index is -0.353. The van der Waals surface area contributed by atoms with Crippen molar-refractivity contribution in [3.05, 3.63) is 29.8 Å². The van der Waals surface area contributed by atoms with Gasteiger partial charge in [-0.1, -0.05) is 0 Å². The number of carbonyl (C=O) groups excluding carboxylic acids is 1. The van der Waals surface area contributed by atoms with Crippen molar-refractivity contribution in [2.75, 3.05) is 6.54 Å². The summed E-state index contributed by atoms with van der Waals surface area (Å²) in [7, 11) is 0. The van der Waals surface area contributed by atoms with Gasteiger partial charge in [-0.3, -0.25) is 4.79 Å². The molecule has 100 valence electrons. The van der Waals surface area contributed by atoms with E-state index in [-0.39, 0.29) is 23.6 Å². The molecule has 6 heteroatoms. The molecule has 1 amide bonds. The molecule has 19 heavy (non-hydrogen) atoms. The molecule has 1 atom stereocenters. The highest BCUT2D eigenvalue weighted by atomic mass is 35.5. The van der Waals surface area contributed by atoms with Crippen LogP contribution in [0.5, 0.6) is 0 Å². The van der Waals surface area contributed by atoms with E-state index in [0.717, 1.165) is 12.8 Å². The molecule has 0 aliphatic carbocycles. The highest BCUT2D eigenvalue weighted by Gasteiger charge is 2.27. The largest absolute Gasteiger partial charge is 0.354 e. The number of imidazole rings is 1. The summed E-state index contributed by atoms with van der Waals surface area (Å²) in [5.74, 6) is 0.400. The van der Waals surface area contributed by atoms with Crippen LogP contribution in [0.25, 0.3) is 11.0 Å². The molecular weight excluding hydrogens is 269 g/mol. The van der Waals surface area contributed by atoms with Crippen molar-refractivity contribution in [3.8, 4) is 0 Å². The van der Waals surface area contributed by atoms with Gasteiger partial charge >= 0.3 is 0 Å². The molecule has 1 aromatic carbocycles. The van der Waals surface area contributed by atoms with Crippen molar-refractivity contribution < 1.29 is 9.18 Å². The Morgan fingerprint density at radius 2 is 2.37 bits per heavy atom. The molecule has 1 unspecified atom stereocenters. The quantitative estimate of drug-likeness (QED) is 0.859. The first kappa shape index (κ1) is 12.4. The number of alkyl halides is 1. The molecule has 1 aliphatic rings. The van der Waals surface area contributed by atoms with Crippen LogP contribution in [-0.2, 0) is 10.7 Å². The fourth-order valence-corrected chi connectivity index (χ4v) is 2.75. The number of hydrogen-bond acceptors (Lipinski definition) is 2. The van der Waals surface area contributed by atoms with Crippen molar-refractivity contribution >= 4 is 28.5 Å². The SMILES string of the molecule is O=C1NCCCC1n1c(CCl)nc2ccc(F)cc21. The third-order valence-electron chi connectivity index (χ3n) is 3.41. The summed E-state index contributed by atoms with van der Waals surface area (Å²) in [6.07, 6.45) is 1.62. The van der Waals surface area contributed by atoms with Crippen LogP contribution in [0, 0.1) is 5.82 Å². The van der Waals surface area contributed by atoms with Crippen molar-refractivity contribution in [2.45, 2.75) is 24.8 Å². The Labute approximate surface area is 114 Å². The molecule has 2 heterocycles. The molecule has 0 spiro atoms. The summed E-state index contributed by atoms with van der Waals surface area (Å²) in [6.45, 7) is 0.687. The van der Waals surface area contributed by atoms with Crippen LogP contribution in [0.15, 0.2) is 18.2 Å². The monoisotopic (exact) mass is 281 g/mol. The number of aromatic nitrogens is 2. The molecule has 0 bridgehead atoms. The van der Waals surface area contributed by atoms with Gasteiger partial charge in [-0.25, -0.2) is 9.37 Å². The Morgan fingerprint density at radius 1 is 1.53 bits per heavy atom. The summed E-state index contributed by atoms with van der Waals surface area (Å²) >= 11 is 5.90. The van der Waals surface area contributed by atoms with Gasteiger partial charge in [0.05, 0.1) is 16.9 Å². The first-order chi connectivity index (χ1) is 9.20. The third kappa shape index (κ3) is 2.08. The topological polar surface area (TPSA) is 46.9 Å². The van der Waals surface area contributed by atoms with Gasteiger partial charge in [0.2, 0.25) is 5.91 Å². The zero-order valence-electron chi connectivity index (χ0n) is 10.2. The molecule has 2 aromatic rings. The van der Waals surface area contributed by atoms with E-state index >= 15 is 0 Å². The summed E-state index contributed by atoms with van der Waals surface area (Å²) in [4.78, 5) is 16.4. The fraction of sp³-hybridized carbons (Fsp3) is 0.385. The second-order valence-electron chi connectivity index (χ2n) is 4.61. The Balaban J connectivity index is 2.19. The molecular formula is C13H13ClFN3O. The van der Waals surface area contributed by atoms with Gasteiger partial charge < -0.3 is 9.88 Å². The molecule has 1 aromatic heterocycles. The maximum atomic E-state index is 13.4. The van der Waals surface area contributed by atoms with Crippen molar-refractivity contribution in [1.82, 2.24) is 14.9 Å². The van der Waals surface area contributed by atoms with Gasteiger partial charge in [-0.2, -0.15) is 0 Å². The normalized spacial score (nSPS) is 19.7. The first-order valence-electron chi connectivity index (χ1n) is 6.21. The average Bonchev–Trinajstić information content (AvgIpc) is 2.77. The van der Waals surface area contributed by atoms with Crippen LogP contribution in [0.2, 0.25) is 0 Å². The second kappa shape index (κ2) is 4.81. The summed E-state index contributed by atoms with van der Waals surface area (Å²) in [5.41, 5.74) is 1.29. The third-order valence-corrected chi connectivity index (χ3v) is 3.65.